The van der Waals surface area contributed by atoms with Crippen molar-refractivity contribution in [3.8, 4) is 0 Å². The number of hydrogen-bond acceptors (Lipinski definition) is 2. The predicted molar refractivity (Wildman–Crippen MR) is 81.9 cm³/mol. The highest BCUT2D eigenvalue weighted by molar-refractivity contribution is 7.89. The Balaban J connectivity index is 2.21. The Morgan fingerprint density at radius 1 is 1.04 bits per heavy atom. The molecule has 0 atom stereocenters. The van der Waals surface area contributed by atoms with Gasteiger partial charge in [0.15, 0.2) is 0 Å². The molecule has 1 N–H and O–H groups in total. The van der Waals surface area contributed by atoms with E-state index in [4.69, 9.17) is 23.2 Å². The van der Waals surface area contributed by atoms with Gasteiger partial charge in [-0.15, -0.1) is 0 Å². The van der Waals surface area contributed by atoms with Crippen molar-refractivity contribution in [2.75, 3.05) is 0 Å². The predicted octanol–water partition coefficient (Wildman–Crippen LogP) is 4.63. The van der Waals surface area contributed by atoms with Gasteiger partial charge in [0.25, 0.3) is 0 Å². The summed E-state index contributed by atoms with van der Waals surface area (Å²) in [6.45, 7) is -0.416. The van der Waals surface area contributed by atoms with Crippen molar-refractivity contribution >= 4 is 33.2 Å². The Kier molecular flexibility index (Phi) is 5.44. The summed E-state index contributed by atoms with van der Waals surface area (Å²) in [5.74, 6) is -1.49. The number of benzene rings is 2. The van der Waals surface area contributed by atoms with Crippen LogP contribution < -0.4 is 4.72 Å². The fourth-order valence-corrected chi connectivity index (χ4v) is 3.62. The number of rotatable bonds is 4. The molecule has 10 heteroatoms. The van der Waals surface area contributed by atoms with Crippen LogP contribution in [-0.4, -0.2) is 8.42 Å². The molecule has 2 aromatic carbocycles. The molecule has 0 saturated heterocycles. The van der Waals surface area contributed by atoms with Crippen LogP contribution in [0.15, 0.2) is 41.3 Å². The molecule has 0 aliphatic carbocycles. The minimum absolute atomic E-state index is 0.0159. The molecule has 0 heterocycles. The number of nitrogens with one attached hydrogen (secondary N) is 1. The van der Waals surface area contributed by atoms with E-state index in [9.17, 15) is 26.0 Å². The van der Waals surface area contributed by atoms with Crippen LogP contribution in [0.5, 0.6) is 0 Å². The van der Waals surface area contributed by atoms with Crippen LogP contribution in [-0.2, 0) is 22.7 Å². The first kappa shape index (κ1) is 19.0. The highest BCUT2D eigenvalue weighted by Gasteiger charge is 2.33. The molecule has 0 saturated carbocycles. The summed E-state index contributed by atoms with van der Waals surface area (Å²) in [4.78, 5) is -0.288. The molecule has 0 fully saturated rings. The van der Waals surface area contributed by atoms with Gasteiger partial charge >= 0.3 is 6.18 Å². The van der Waals surface area contributed by atoms with Crippen molar-refractivity contribution in [3.05, 3.63) is 63.4 Å². The molecule has 0 unspecified atom stereocenters. The molecule has 2 aromatic rings. The Labute approximate surface area is 145 Å². The van der Waals surface area contributed by atoms with Gasteiger partial charge in [-0.1, -0.05) is 29.3 Å². The van der Waals surface area contributed by atoms with E-state index in [1.54, 1.807) is 0 Å². The lowest BCUT2D eigenvalue weighted by molar-refractivity contribution is -0.140. The summed E-state index contributed by atoms with van der Waals surface area (Å²) in [5, 5.41) is 0.0610. The summed E-state index contributed by atoms with van der Waals surface area (Å²) < 4.78 is 77.4. The van der Waals surface area contributed by atoms with Crippen LogP contribution in [0.25, 0.3) is 0 Å². The van der Waals surface area contributed by atoms with E-state index in [0.29, 0.717) is 12.1 Å². The molecule has 0 radical (unpaired) electrons. The summed E-state index contributed by atoms with van der Waals surface area (Å²) in [6.07, 6.45) is -4.82. The smallest absolute Gasteiger partial charge is 0.207 e. The number of alkyl halides is 3. The van der Waals surface area contributed by atoms with E-state index < -0.39 is 34.1 Å². The average Bonchev–Trinajstić information content (AvgIpc) is 2.46. The average molecular weight is 402 g/mol. The highest BCUT2D eigenvalue weighted by Crippen LogP contribution is 2.31. The highest BCUT2D eigenvalue weighted by atomic mass is 35.5. The topological polar surface area (TPSA) is 46.2 Å². The van der Waals surface area contributed by atoms with E-state index in [1.807, 2.05) is 0 Å². The third-order valence-corrected chi connectivity index (χ3v) is 5.11. The molecule has 0 bridgehead atoms. The van der Waals surface area contributed by atoms with Crippen LogP contribution in [0.3, 0.4) is 0 Å². The lowest BCUT2D eigenvalue weighted by Crippen LogP contribution is -2.23. The van der Waals surface area contributed by atoms with Crippen LogP contribution in [0.4, 0.5) is 17.6 Å². The molecule has 3 nitrogen and oxygen atoms in total. The van der Waals surface area contributed by atoms with Crippen molar-refractivity contribution in [3.63, 3.8) is 0 Å². The zero-order chi connectivity index (χ0) is 18.1. The summed E-state index contributed by atoms with van der Waals surface area (Å²) >= 11 is 11.5. The Hall–Kier alpha value is -1.35. The first-order chi connectivity index (χ1) is 11.0. The maximum absolute atomic E-state index is 13.5. The second-order valence-corrected chi connectivity index (χ2v) is 7.29. The Bertz CT molecular complexity index is 870. The van der Waals surface area contributed by atoms with Gasteiger partial charge in [-0.2, -0.15) is 13.2 Å². The number of hydrogen-bond donors (Lipinski definition) is 1. The van der Waals surface area contributed by atoms with E-state index in [0.717, 1.165) is 12.1 Å². The van der Waals surface area contributed by atoms with Crippen LogP contribution in [0.1, 0.15) is 11.1 Å². The minimum Gasteiger partial charge on any atom is -0.207 e. The normalized spacial score (nSPS) is 12.4. The van der Waals surface area contributed by atoms with Gasteiger partial charge in [-0.05, 0) is 35.9 Å². The molecule has 130 valence electrons. The lowest BCUT2D eigenvalue weighted by Gasteiger charge is -2.11. The molecule has 0 aliphatic heterocycles. The monoisotopic (exact) mass is 401 g/mol. The van der Waals surface area contributed by atoms with E-state index in [2.05, 4.69) is 4.72 Å². The largest absolute Gasteiger partial charge is 0.419 e. The van der Waals surface area contributed by atoms with Crippen molar-refractivity contribution in [2.45, 2.75) is 17.6 Å². The molecule has 0 spiro atoms. The van der Waals surface area contributed by atoms with Gasteiger partial charge in [-0.25, -0.2) is 17.5 Å². The fraction of sp³-hybridized carbons (Fsp3) is 0.143. The molecule has 0 aliphatic rings. The first-order valence-electron chi connectivity index (χ1n) is 6.31. The molecule has 2 rings (SSSR count). The van der Waals surface area contributed by atoms with Gasteiger partial charge in [-0.3, -0.25) is 0 Å². The second-order valence-electron chi connectivity index (χ2n) is 4.71. The van der Waals surface area contributed by atoms with Gasteiger partial charge in [0, 0.05) is 11.6 Å². The quantitative estimate of drug-likeness (QED) is 0.759. The Morgan fingerprint density at radius 3 is 2.29 bits per heavy atom. The number of sulfonamides is 1. The first-order valence-corrected chi connectivity index (χ1v) is 8.55. The minimum atomic E-state index is -4.82. The summed E-state index contributed by atoms with van der Waals surface area (Å²) in [5.41, 5.74) is -1.41. The molecular weight excluding hydrogens is 393 g/mol. The molecule has 0 aromatic heterocycles. The van der Waals surface area contributed by atoms with Crippen molar-refractivity contribution in [2.24, 2.45) is 0 Å². The fourth-order valence-electron chi connectivity index (χ4n) is 1.84. The molecular formula is C14H9Cl2F4NO2S. The van der Waals surface area contributed by atoms with Crippen LogP contribution in [0.2, 0.25) is 10.0 Å². The molecule has 0 amide bonds. The van der Waals surface area contributed by atoms with Crippen molar-refractivity contribution < 1.29 is 26.0 Å². The van der Waals surface area contributed by atoms with Gasteiger partial charge in [0.1, 0.15) is 10.7 Å². The lowest BCUT2D eigenvalue weighted by atomic mass is 10.1. The van der Waals surface area contributed by atoms with Crippen LogP contribution >= 0.6 is 23.2 Å². The van der Waals surface area contributed by atoms with E-state index in [-0.39, 0.29) is 20.5 Å². The number of halogens is 6. The van der Waals surface area contributed by atoms with Gasteiger partial charge < -0.3 is 0 Å². The van der Waals surface area contributed by atoms with Gasteiger partial charge in [0.05, 0.1) is 10.6 Å². The van der Waals surface area contributed by atoms with Gasteiger partial charge in [0.2, 0.25) is 10.0 Å². The van der Waals surface area contributed by atoms with Crippen LogP contribution in [0, 0.1) is 5.82 Å². The van der Waals surface area contributed by atoms with Crippen molar-refractivity contribution in [1.29, 1.82) is 0 Å². The third-order valence-electron chi connectivity index (χ3n) is 2.99. The van der Waals surface area contributed by atoms with E-state index >= 15 is 0 Å². The molecule has 24 heavy (non-hydrogen) atoms. The third kappa shape index (κ3) is 4.38. The zero-order valence-corrected chi connectivity index (χ0v) is 14.0. The maximum atomic E-state index is 13.5. The second kappa shape index (κ2) is 6.87. The SMILES string of the molecule is O=S(=O)(NCc1ccc(C(F)(F)F)c(F)c1)c1cc(Cl)ccc1Cl. The zero-order valence-electron chi connectivity index (χ0n) is 11.7. The Morgan fingerprint density at radius 2 is 1.71 bits per heavy atom. The summed E-state index contributed by atoms with van der Waals surface area (Å²) in [7, 11) is -4.07. The van der Waals surface area contributed by atoms with Crippen molar-refractivity contribution in [1.82, 2.24) is 4.72 Å². The van der Waals surface area contributed by atoms with E-state index in [1.165, 1.54) is 12.1 Å². The summed E-state index contributed by atoms with van der Waals surface area (Å²) in [6, 6.07) is 5.95. The standard InChI is InChI=1S/C14H9Cl2F4NO2S/c15-9-2-4-11(16)13(6-9)24(22,23)21-7-8-1-3-10(12(17)5-8)14(18,19)20/h1-6,21H,7H2. The maximum Gasteiger partial charge on any atom is 0.419 e.